The van der Waals surface area contributed by atoms with Gasteiger partial charge in [-0.15, -0.1) is 0 Å². The molecule has 0 aliphatic rings. The average Bonchev–Trinajstić information content (AvgIpc) is 3.04. The molecule has 2 amide bonds. The minimum absolute atomic E-state index is 0.240. The summed E-state index contributed by atoms with van der Waals surface area (Å²) in [6, 6.07) is 4.22. The second-order valence-electron chi connectivity index (χ2n) is 6.12. The summed E-state index contributed by atoms with van der Waals surface area (Å²) in [7, 11) is 1.63. The van der Waals surface area contributed by atoms with E-state index in [1.807, 2.05) is 16.8 Å². The van der Waals surface area contributed by atoms with Crippen LogP contribution in [0.15, 0.2) is 35.0 Å². The Morgan fingerprint density at radius 3 is 2.36 bits per heavy atom. The van der Waals surface area contributed by atoms with Gasteiger partial charge in [0.25, 0.3) is 5.91 Å². The largest absolute Gasteiger partial charge is 0.340 e. The van der Waals surface area contributed by atoms with Crippen LogP contribution in [0.3, 0.4) is 0 Å². The molecule has 1 aromatic carbocycles. The van der Waals surface area contributed by atoms with Crippen molar-refractivity contribution in [3.63, 3.8) is 0 Å². The first-order chi connectivity index (χ1) is 11.8. The van der Waals surface area contributed by atoms with Gasteiger partial charge in [0.15, 0.2) is 0 Å². The Bertz CT molecular complexity index is 727. The summed E-state index contributed by atoms with van der Waals surface area (Å²) in [5.74, 6) is -3.41. The van der Waals surface area contributed by atoms with Gasteiger partial charge >= 0.3 is 0 Å². The number of nitrogens with zero attached hydrogens (tertiary/aromatic N) is 1. The molecule has 4 nitrogen and oxygen atoms in total. The number of hydrogen-bond donors (Lipinski definition) is 1. The fourth-order valence-corrected chi connectivity index (χ4v) is 3.07. The molecule has 25 heavy (non-hydrogen) atoms. The lowest BCUT2D eigenvalue weighted by Gasteiger charge is -2.27. The molecule has 0 bridgehead atoms. The van der Waals surface area contributed by atoms with Gasteiger partial charge in [0.1, 0.15) is 23.2 Å². The van der Waals surface area contributed by atoms with Gasteiger partial charge in [-0.3, -0.25) is 9.59 Å². The molecule has 0 saturated carbocycles. The first-order valence-electron chi connectivity index (χ1n) is 7.82. The summed E-state index contributed by atoms with van der Waals surface area (Å²) < 4.78 is 27.5. The van der Waals surface area contributed by atoms with Gasteiger partial charge in [-0.05, 0) is 40.4 Å². The molecule has 1 atom stereocenters. The molecule has 1 aromatic heterocycles. The van der Waals surface area contributed by atoms with Crippen LogP contribution in [0.5, 0.6) is 0 Å². The Balaban J connectivity index is 2.14. The molecular weight excluding hydrogens is 346 g/mol. The van der Waals surface area contributed by atoms with Crippen molar-refractivity contribution < 1.29 is 18.4 Å². The van der Waals surface area contributed by atoms with Crippen molar-refractivity contribution in [1.82, 2.24) is 10.2 Å². The molecule has 2 rings (SSSR count). The van der Waals surface area contributed by atoms with Crippen molar-refractivity contribution in [1.29, 1.82) is 0 Å². The highest BCUT2D eigenvalue weighted by Gasteiger charge is 2.29. The molecule has 1 N–H and O–H groups in total. The smallest absolute Gasteiger partial charge is 0.257 e. The van der Waals surface area contributed by atoms with Crippen LogP contribution in [0.2, 0.25) is 0 Å². The van der Waals surface area contributed by atoms with Gasteiger partial charge in [0.2, 0.25) is 5.91 Å². The number of carbonyl (C=O) groups excluding carboxylic acids is 2. The number of benzene rings is 1. The number of thiophene rings is 1. The number of rotatable bonds is 6. The van der Waals surface area contributed by atoms with Crippen LogP contribution in [0.25, 0.3) is 0 Å². The molecule has 0 saturated heterocycles. The van der Waals surface area contributed by atoms with Crippen LogP contribution in [0.4, 0.5) is 8.78 Å². The van der Waals surface area contributed by atoms with Crippen LogP contribution in [0.1, 0.15) is 29.8 Å². The maximum atomic E-state index is 13.8. The van der Waals surface area contributed by atoms with Gasteiger partial charge in [0, 0.05) is 13.6 Å². The van der Waals surface area contributed by atoms with Gasteiger partial charge in [-0.25, -0.2) is 8.78 Å². The van der Waals surface area contributed by atoms with E-state index in [0.29, 0.717) is 6.54 Å². The lowest BCUT2D eigenvalue weighted by molar-refractivity contribution is -0.133. The Hall–Kier alpha value is -2.28. The van der Waals surface area contributed by atoms with Crippen molar-refractivity contribution in [3.8, 4) is 0 Å². The van der Waals surface area contributed by atoms with Crippen molar-refractivity contribution >= 4 is 23.2 Å². The number of hydrogen-bond acceptors (Lipinski definition) is 3. The summed E-state index contributed by atoms with van der Waals surface area (Å²) in [6.07, 6.45) is 0. The van der Waals surface area contributed by atoms with Crippen LogP contribution in [-0.2, 0) is 11.3 Å². The number of halogens is 2. The number of amides is 2. The van der Waals surface area contributed by atoms with Crippen LogP contribution in [-0.4, -0.2) is 29.8 Å². The summed E-state index contributed by atoms with van der Waals surface area (Å²) in [5, 5.41) is 6.31. The third-order valence-corrected chi connectivity index (χ3v) is 4.52. The van der Waals surface area contributed by atoms with E-state index in [9.17, 15) is 18.4 Å². The summed E-state index contributed by atoms with van der Waals surface area (Å²) in [6.45, 7) is 3.92. The third-order valence-electron chi connectivity index (χ3n) is 3.79. The molecular formula is C18H20F2N2O2S. The lowest BCUT2D eigenvalue weighted by Crippen LogP contribution is -2.50. The Morgan fingerprint density at radius 2 is 1.84 bits per heavy atom. The first-order valence-corrected chi connectivity index (χ1v) is 8.76. The van der Waals surface area contributed by atoms with Crippen LogP contribution >= 0.6 is 11.3 Å². The molecule has 0 radical (unpaired) electrons. The molecule has 0 aliphatic heterocycles. The first kappa shape index (κ1) is 19.1. The molecule has 0 unspecified atom stereocenters. The van der Waals surface area contributed by atoms with E-state index in [4.69, 9.17) is 0 Å². The predicted octanol–water partition coefficient (Wildman–Crippen LogP) is 3.44. The molecule has 2 aromatic rings. The maximum Gasteiger partial charge on any atom is 0.257 e. The summed E-state index contributed by atoms with van der Waals surface area (Å²) in [4.78, 5) is 26.5. The monoisotopic (exact) mass is 366 g/mol. The lowest BCUT2D eigenvalue weighted by atomic mass is 10.0. The highest BCUT2D eigenvalue weighted by atomic mass is 32.1. The molecule has 134 valence electrons. The highest BCUT2D eigenvalue weighted by molar-refractivity contribution is 7.07. The zero-order valence-corrected chi connectivity index (χ0v) is 15.1. The van der Waals surface area contributed by atoms with Crippen molar-refractivity contribution in [2.75, 3.05) is 7.05 Å². The summed E-state index contributed by atoms with van der Waals surface area (Å²) >= 11 is 1.53. The number of nitrogens with one attached hydrogen (secondary N) is 1. The summed E-state index contributed by atoms with van der Waals surface area (Å²) in [5.41, 5.74) is 0.302. The van der Waals surface area contributed by atoms with E-state index in [1.165, 1.54) is 22.3 Å². The van der Waals surface area contributed by atoms with E-state index >= 15 is 0 Å². The third kappa shape index (κ3) is 4.63. The quantitative estimate of drug-likeness (QED) is 0.851. The average molecular weight is 366 g/mol. The molecule has 7 heteroatoms. The van der Waals surface area contributed by atoms with E-state index in [1.54, 1.807) is 20.9 Å². The molecule has 1 heterocycles. The van der Waals surface area contributed by atoms with E-state index in [2.05, 4.69) is 5.32 Å². The van der Waals surface area contributed by atoms with Gasteiger partial charge in [-0.1, -0.05) is 19.9 Å². The normalized spacial score (nSPS) is 12.1. The van der Waals surface area contributed by atoms with Crippen LogP contribution in [0, 0.1) is 17.6 Å². The minimum atomic E-state index is -0.959. The van der Waals surface area contributed by atoms with E-state index in [0.717, 1.165) is 17.7 Å². The van der Waals surface area contributed by atoms with E-state index in [-0.39, 0.29) is 11.8 Å². The highest BCUT2D eigenvalue weighted by Crippen LogP contribution is 2.15. The second-order valence-corrected chi connectivity index (χ2v) is 6.90. The molecule has 0 aliphatic carbocycles. The van der Waals surface area contributed by atoms with Gasteiger partial charge in [-0.2, -0.15) is 11.3 Å². The predicted molar refractivity (Wildman–Crippen MR) is 93.2 cm³/mol. The zero-order chi connectivity index (χ0) is 18.6. The van der Waals surface area contributed by atoms with Crippen molar-refractivity contribution in [3.05, 3.63) is 57.8 Å². The van der Waals surface area contributed by atoms with E-state index < -0.39 is 29.1 Å². The fraction of sp³-hybridized carbons (Fsp3) is 0.333. The Kier molecular flexibility index (Phi) is 6.25. The topological polar surface area (TPSA) is 49.4 Å². The maximum absolute atomic E-state index is 13.8. The Labute approximate surface area is 149 Å². The standard InChI is InChI=1S/C18H20F2N2O2S/c1-11(2)16(18(24)22(3)9-12-7-8-25-10-12)21-17(23)15-13(19)5-4-6-14(15)20/h4-8,10-11,16H,9H2,1-3H3,(H,21,23)/t16-/m1/s1. The second kappa shape index (κ2) is 8.20. The fourth-order valence-electron chi connectivity index (χ4n) is 2.41. The number of carbonyl (C=O) groups is 2. The molecule has 0 fully saturated rings. The Morgan fingerprint density at radius 1 is 1.20 bits per heavy atom. The van der Waals surface area contributed by atoms with Gasteiger partial charge < -0.3 is 10.2 Å². The minimum Gasteiger partial charge on any atom is -0.340 e. The van der Waals surface area contributed by atoms with Crippen molar-refractivity contribution in [2.45, 2.75) is 26.4 Å². The van der Waals surface area contributed by atoms with Crippen LogP contribution < -0.4 is 5.32 Å². The van der Waals surface area contributed by atoms with Gasteiger partial charge in [0.05, 0.1) is 0 Å². The molecule has 0 spiro atoms. The SMILES string of the molecule is CC(C)[C@@H](NC(=O)c1c(F)cccc1F)C(=O)N(C)Cc1ccsc1. The van der Waals surface area contributed by atoms with Crippen molar-refractivity contribution in [2.24, 2.45) is 5.92 Å². The number of likely N-dealkylation sites (N-methyl/N-ethyl adjacent to an activating group) is 1. The zero-order valence-electron chi connectivity index (χ0n) is 14.3.